The Labute approximate surface area is 93.5 Å². The molecule has 0 radical (unpaired) electrons. The highest BCUT2D eigenvalue weighted by Gasteiger charge is 2.28. The van der Waals surface area contributed by atoms with E-state index in [1.165, 1.54) is 11.3 Å². The Hall–Kier alpha value is -0.930. The summed E-state index contributed by atoms with van der Waals surface area (Å²) in [5, 5.41) is 0. The van der Waals surface area contributed by atoms with Crippen molar-refractivity contribution in [2.75, 3.05) is 0 Å². The summed E-state index contributed by atoms with van der Waals surface area (Å²) in [5.74, 6) is 0.159. The Morgan fingerprint density at radius 1 is 1.07 bits per heavy atom. The predicted molar refractivity (Wildman–Crippen MR) is 60.9 cm³/mol. The molecule has 68 valence electrons. The molecule has 1 aromatic heterocycles. The summed E-state index contributed by atoms with van der Waals surface area (Å²) in [4.78, 5) is 12.8. The maximum Gasteiger partial charge on any atom is 0.204 e. The van der Waals surface area contributed by atoms with Gasteiger partial charge in [-0.05, 0) is 27.6 Å². The maximum atomic E-state index is 11.9. The molecule has 3 rings (SSSR count). The molecule has 0 unspecified atom stereocenters. The van der Waals surface area contributed by atoms with Gasteiger partial charge in [0.05, 0.1) is 8.66 Å². The molecule has 2 aromatic rings. The molecule has 0 fully saturated rings. The van der Waals surface area contributed by atoms with Crippen LogP contribution in [0, 0.1) is 0 Å². The van der Waals surface area contributed by atoms with Crippen LogP contribution in [0.25, 0.3) is 11.1 Å². The molecule has 0 atom stereocenters. The molecule has 1 aliphatic carbocycles. The van der Waals surface area contributed by atoms with E-state index in [4.69, 9.17) is 0 Å². The monoisotopic (exact) mass is 264 g/mol. The van der Waals surface area contributed by atoms with Gasteiger partial charge in [-0.2, -0.15) is 0 Å². The molecule has 1 aliphatic rings. The van der Waals surface area contributed by atoms with Crippen molar-refractivity contribution >= 4 is 33.0 Å². The molecule has 0 bridgehead atoms. The van der Waals surface area contributed by atoms with Crippen LogP contribution in [0.2, 0.25) is 0 Å². The number of hydrogen-bond donors (Lipinski definition) is 0. The van der Waals surface area contributed by atoms with E-state index >= 15 is 0 Å². The van der Waals surface area contributed by atoms with Gasteiger partial charge < -0.3 is 0 Å². The van der Waals surface area contributed by atoms with Crippen molar-refractivity contribution in [2.45, 2.75) is 0 Å². The van der Waals surface area contributed by atoms with E-state index in [1.807, 2.05) is 30.3 Å². The fourth-order valence-corrected chi connectivity index (χ4v) is 3.34. The molecule has 0 amide bonds. The molecule has 3 heteroatoms. The lowest BCUT2D eigenvalue weighted by Gasteiger charge is -1.95. The standard InChI is InChI=1S/C11H5BrOS/c12-9-5-8-6-3-1-2-4-7(6)10(13)11(8)14-9/h1-5H. The van der Waals surface area contributed by atoms with Crippen molar-refractivity contribution in [1.29, 1.82) is 0 Å². The molecule has 14 heavy (non-hydrogen) atoms. The van der Waals surface area contributed by atoms with Crippen LogP contribution in [0.15, 0.2) is 34.1 Å². The van der Waals surface area contributed by atoms with Gasteiger partial charge in [0.25, 0.3) is 0 Å². The Kier molecular flexibility index (Phi) is 1.66. The van der Waals surface area contributed by atoms with Crippen molar-refractivity contribution in [3.05, 3.63) is 44.6 Å². The van der Waals surface area contributed by atoms with Crippen molar-refractivity contribution < 1.29 is 4.79 Å². The first kappa shape index (κ1) is 8.38. The molecule has 1 heterocycles. The minimum absolute atomic E-state index is 0.159. The summed E-state index contributed by atoms with van der Waals surface area (Å²) in [6.45, 7) is 0. The molecule has 0 aliphatic heterocycles. The summed E-state index contributed by atoms with van der Waals surface area (Å²) < 4.78 is 1.02. The molecule has 0 N–H and O–H groups in total. The third kappa shape index (κ3) is 0.967. The van der Waals surface area contributed by atoms with Crippen LogP contribution >= 0.6 is 27.3 Å². The molecular weight excluding hydrogens is 260 g/mol. The van der Waals surface area contributed by atoms with Gasteiger partial charge >= 0.3 is 0 Å². The minimum atomic E-state index is 0.159. The van der Waals surface area contributed by atoms with Gasteiger partial charge in [-0.1, -0.05) is 24.3 Å². The van der Waals surface area contributed by atoms with Gasteiger partial charge in [0.2, 0.25) is 5.78 Å². The number of hydrogen-bond acceptors (Lipinski definition) is 2. The van der Waals surface area contributed by atoms with Gasteiger partial charge in [-0.15, -0.1) is 11.3 Å². The third-order valence-corrected chi connectivity index (χ3v) is 4.01. The van der Waals surface area contributed by atoms with Crippen LogP contribution in [0.4, 0.5) is 0 Å². The number of fused-ring (bicyclic) bond motifs is 3. The summed E-state index contributed by atoms with van der Waals surface area (Å²) >= 11 is 4.91. The zero-order valence-corrected chi connectivity index (χ0v) is 9.48. The first-order chi connectivity index (χ1) is 6.77. The lowest BCUT2D eigenvalue weighted by atomic mass is 10.1. The third-order valence-electron chi connectivity index (χ3n) is 2.37. The molecule has 0 saturated carbocycles. The summed E-state index contributed by atoms with van der Waals surface area (Å²) in [6.07, 6.45) is 0. The van der Waals surface area contributed by atoms with E-state index < -0.39 is 0 Å². The van der Waals surface area contributed by atoms with Crippen molar-refractivity contribution in [1.82, 2.24) is 0 Å². The lowest BCUT2D eigenvalue weighted by Crippen LogP contribution is -1.91. The summed E-state index contributed by atoms with van der Waals surface area (Å²) in [5.41, 5.74) is 2.97. The van der Waals surface area contributed by atoms with Crippen molar-refractivity contribution in [3.8, 4) is 11.1 Å². The second-order valence-corrected chi connectivity index (χ2v) is 5.60. The van der Waals surface area contributed by atoms with Crippen LogP contribution in [0.3, 0.4) is 0 Å². The molecule has 1 nitrogen and oxygen atoms in total. The van der Waals surface area contributed by atoms with E-state index in [0.717, 1.165) is 25.4 Å². The molecule has 1 aromatic carbocycles. The van der Waals surface area contributed by atoms with E-state index in [2.05, 4.69) is 15.9 Å². The molecule has 0 saturated heterocycles. The Balaban J connectivity index is 2.39. The fraction of sp³-hybridized carbons (Fsp3) is 0. The second-order valence-electron chi connectivity index (χ2n) is 3.17. The predicted octanol–water partition coefficient (Wildman–Crippen LogP) is 3.72. The smallest absolute Gasteiger partial charge is 0.204 e. The zero-order valence-electron chi connectivity index (χ0n) is 7.08. The quantitative estimate of drug-likeness (QED) is 0.605. The van der Waals surface area contributed by atoms with Crippen LogP contribution in [-0.2, 0) is 0 Å². The van der Waals surface area contributed by atoms with Crippen molar-refractivity contribution in [3.63, 3.8) is 0 Å². The molecule has 0 spiro atoms. The van der Waals surface area contributed by atoms with Crippen LogP contribution < -0.4 is 0 Å². The largest absolute Gasteiger partial charge is 0.288 e. The fourth-order valence-electron chi connectivity index (χ4n) is 1.77. The highest BCUT2D eigenvalue weighted by atomic mass is 79.9. The molecular formula is C11H5BrOS. The Morgan fingerprint density at radius 2 is 1.79 bits per heavy atom. The first-order valence-corrected chi connectivity index (χ1v) is 5.82. The number of ketones is 1. The number of halogens is 1. The second kappa shape index (κ2) is 2.78. The van der Waals surface area contributed by atoms with Gasteiger partial charge in [0, 0.05) is 11.1 Å². The first-order valence-electron chi connectivity index (χ1n) is 4.21. The number of rotatable bonds is 0. The average molecular weight is 265 g/mol. The van der Waals surface area contributed by atoms with Gasteiger partial charge in [0.15, 0.2) is 0 Å². The van der Waals surface area contributed by atoms with Gasteiger partial charge in [-0.3, -0.25) is 4.79 Å². The number of carbonyl (C=O) groups excluding carboxylic acids is 1. The summed E-state index contributed by atoms with van der Waals surface area (Å²) in [7, 11) is 0. The van der Waals surface area contributed by atoms with Crippen molar-refractivity contribution in [2.24, 2.45) is 0 Å². The average Bonchev–Trinajstić information content (AvgIpc) is 2.68. The number of carbonyl (C=O) groups is 1. The minimum Gasteiger partial charge on any atom is -0.288 e. The Bertz CT molecular complexity index is 542. The van der Waals surface area contributed by atoms with E-state index in [9.17, 15) is 4.79 Å². The Morgan fingerprint density at radius 3 is 2.57 bits per heavy atom. The summed E-state index contributed by atoms with van der Waals surface area (Å²) in [6, 6.07) is 9.77. The highest BCUT2D eigenvalue weighted by molar-refractivity contribution is 9.11. The van der Waals surface area contributed by atoms with E-state index in [1.54, 1.807) is 0 Å². The topological polar surface area (TPSA) is 17.1 Å². The van der Waals surface area contributed by atoms with Crippen LogP contribution in [0.5, 0.6) is 0 Å². The SMILES string of the molecule is O=C1c2ccccc2-c2cc(Br)sc21. The maximum absolute atomic E-state index is 11.9. The highest BCUT2D eigenvalue weighted by Crippen LogP contribution is 2.42. The lowest BCUT2D eigenvalue weighted by molar-refractivity contribution is 0.104. The van der Waals surface area contributed by atoms with Gasteiger partial charge in [-0.25, -0.2) is 0 Å². The van der Waals surface area contributed by atoms with Gasteiger partial charge in [0.1, 0.15) is 0 Å². The van der Waals surface area contributed by atoms with Crippen LogP contribution in [0.1, 0.15) is 15.2 Å². The van der Waals surface area contributed by atoms with E-state index in [0.29, 0.717) is 0 Å². The number of thiophene rings is 1. The number of benzene rings is 1. The van der Waals surface area contributed by atoms with Crippen LogP contribution in [-0.4, -0.2) is 5.78 Å². The normalized spacial score (nSPS) is 12.8. The van der Waals surface area contributed by atoms with E-state index in [-0.39, 0.29) is 5.78 Å². The zero-order chi connectivity index (χ0) is 9.71.